The van der Waals surface area contributed by atoms with E-state index in [4.69, 9.17) is 9.84 Å². The van der Waals surface area contributed by atoms with Crippen molar-refractivity contribution in [2.24, 2.45) is 0 Å². The number of aromatic amines is 1. The molecule has 3 rings (SSSR count). The van der Waals surface area contributed by atoms with Gasteiger partial charge in [-0.2, -0.15) is 0 Å². The Morgan fingerprint density at radius 3 is 2.65 bits per heavy atom. The van der Waals surface area contributed by atoms with Crippen LogP contribution in [-0.4, -0.2) is 49.8 Å². The van der Waals surface area contributed by atoms with Crippen LogP contribution < -0.4 is 11.2 Å². The Kier molecular flexibility index (Phi) is 3.25. The van der Waals surface area contributed by atoms with Gasteiger partial charge in [-0.25, -0.2) is 4.79 Å². The quantitative estimate of drug-likeness (QED) is 0.481. The Morgan fingerprint density at radius 1 is 1.25 bits per heavy atom. The number of hydrogen-bond donors (Lipinski definition) is 4. The van der Waals surface area contributed by atoms with Crippen LogP contribution in [0.15, 0.2) is 9.59 Å². The number of ether oxygens (including phenoxy) is 1. The standard InChI is InChI=1S/C12H16N2O6/c15-4-7-8(16)9(17)11(20-7)14-6-3-1-2-5(6)10(18)13-12(14)19/h7-9,11,15-17H,1-4H2,(H,13,18,19)/t7-,8-,9-,11-/m1/s1. The van der Waals surface area contributed by atoms with Gasteiger partial charge in [0.1, 0.15) is 18.3 Å². The van der Waals surface area contributed by atoms with Crippen molar-refractivity contribution >= 4 is 0 Å². The molecule has 0 radical (unpaired) electrons. The predicted octanol–water partition coefficient (Wildman–Crippen LogP) is -2.36. The molecule has 1 fully saturated rings. The first-order valence-electron chi connectivity index (χ1n) is 6.53. The monoisotopic (exact) mass is 284 g/mol. The van der Waals surface area contributed by atoms with Crippen LogP contribution in [0.2, 0.25) is 0 Å². The second kappa shape index (κ2) is 4.81. The number of fused-ring (bicyclic) bond motifs is 1. The van der Waals surface area contributed by atoms with Crippen LogP contribution in [0, 0.1) is 0 Å². The number of aliphatic hydroxyl groups is 3. The molecule has 0 amide bonds. The van der Waals surface area contributed by atoms with Crippen LogP contribution in [0.5, 0.6) is 0 Å². The molecule has 0 unspecified atom stereocenters. The molecule has 0 aromatic carbocycles. The summed E-state index contributed by atoms with van der Waals surface area (Å²) in [6.45, 7) is -0.463. The molecular formula is C12H16N2O6. The molecule has 110 valence electrons. The zero-order chi connectivity index (χ0) is 14.4. The van der Waals surface area contributed by atoms with Crippen molar-refractivity contribution < 1.29 is 20.1 Å². The lowest BCUT2D eigenvalue weighted by molar-refractivity contribution is -0.0561. The van der Waals surface area contributed by atoms with Crippen molar-refractivity contribution in [3.8, 4) is 0 Å². The van der Waals surface area contributed by atoms with E-state index < -0.39 is 42.4 Å². The third-order valence-corrected chi connectivity index (χ3v) is 3.96. The normalized spacial score (nSPS) is 32.5. The van der Waals surface area contributed by atoms with Crippen LogP contribution >= 0.6 is 0 Å². The molecule has 0 spiro atoms. The lowest BCUT2D eigenvalue weighted by Crippen LogP contribution is -2.40. The summed E-state index contributed by atoms with van der Waals surface area (Å²) < 4.78 is 6.55. The summed E-state index contributed by atoms with van der Waals surface area (Å²) in [5.41, 5.74) is -0.0353. The number of nitrogens with zero attached hydrogens (tertiary/aromatic N) is 1. The van der Waals surface area contributed by atoms with Crippen molar-refractivity contribution in [1.29, 1.82) is 0 Å². The number of nitrogens with one attached hydrogen (secondary N) is 1. The molecule has 0 saturated carbocycles. The molecule has 8 heteroatoms. The summed E-state index contributed by atoms with van der Waals surface area (Å²) in [4.78, 5) is 25.9. The highest BCUT2D eigenvalue weighted by atomic mass is 16.6. The second-order valence-electron chi connectivity index (χ2n) is 5.14. The Morgan fingerprint density at radius 2 is 2.00 bits per heavy atom. The van der Waals surface area contributed by atoms with Gasteiger partial charge in [0.25, 0.3) is 5.56 Å². The minimum Gasteiger partial charge on any atom is -0.394 e. The highest BCUT2D eigenvalue weighted by Crippen LogP contribution is 2.30. The zero-order valence-corrected chi connectivity index (χ0v) is 10.7. The van der Waals surface area contributed by atoms with Gasteiger partial charge in [-0.05, 0) is 19.3 Å². The topological polar surface area (TPSA) is 125 Å². The van der Waals surface area contributed by atoms with E-state index in [1.165, 1.54) is 4.57 Å². The van der Waals surface area contributed by atoms with Gasteiger partial charge in [0.05, 0.1) is 6.61 Å². The van der Waals surface area contributed by atoms with Gasteiger partial charge in [-0.15, -0.1) is 0 Å². The fourth-order valence-electron chi connectivity index (χ4n) is 2.96. The first-order chi connectivity index (χ1) is 9.54. The number of aliphatic hydroxyl groups excluding tert-OH is 3. The van der Waals surface area contributed by atoms with Gasteiger partial charge < -0.3 is 20.1 Å². The number of H-pyrrole nitrogens is 1. The van der Waals surface area contributed by atoms with E-state index in [-0.39, 0.29) is 0 Å². The molecule has 1 aliphatic carbocycles. The Labute approximate surface area is 113 Å². The molecule has 8 nitrogen and oxygen atoms in total. The molecule has 0 bridgehead atoms. The zero-order valence-electron chi connectivity index (χ0n) is 10.7. The number of hydrogen-bond acceptors (Lipinski definition) is 6. The van der Waals surface area contributed by atoms with Gasteiger partial charge in [0, 0.05) is 11.3 Å². The van der Waals surface area contributed by atoms with E-state index >= 15 is 0 Å². The molecule has 1 aromatic rings. The largest absolute Gasteiger partial charge is 0.394 e. The lowest BCUT2D eigenvalue weighted by atomic mass is 10.1. The Balaban J connectivity index is 2.10. The maximum Gasteiger partial charge on any atom is 0.330 e. The Hall–Kier alpha value is -1.48. The molecule has 20 heavy (non-hydrogen) atoms. The molecule has 1 aliphatic heterocycles. The minimum atomic E-state index is -1.33. The summed E-state index contributed by atoms with van der Waals surface area (Å²) in [6.07, 6.45) is -2.80. The lowest BCUT2D eigenvalue weighted by Gasteiger charge is -2.20. The number of rotatable bonds is 2. The van der Waals surface area contributed by atoms with Gasteiger partial charge >= 0.3 is 5.69 Å². The van der Waals surface area contributed by atoms with Crippen molar-refractivity contribution in [3.05, 3.63) is 32.1 Å². The summed E-state index contributed by atoms with van der Waals surface area (Å²) in [7, 11) is 0. The molecule has 2 aliphatic rings. The highest BCUT2D eigenvalue weighted by molar-refractivity contribution is 5.23. The van der Waals surface area contributed by atoms with Gasteiger partial charge in [0.2, 0.25) is 0 Å². The van der Waals surface area contributed by atoms with E-state index in [1.807, 2.05) is 0 Å². The van der Waals surface area contributed by atoms with Crippen LogP contribution in [0.3, 0.4) is 0 Å². The molecular weight excluding hydrogens is 268 g/mol. The first kappa shape index (κ1) is 13.5. The maximum atomic E-state index is 12.0. The summed E-state index contributed by atoms with van der Waals surface area (Å²) in [6, 6.07) is 0. The minimum absolute atomic E-state index is 0.412. The van der Waals surface area contributed by atoms with Gasteiger partial charge in [-0.3, -0.25) is 14.3 Å². The molecule has 1 saturated heterocycles. The van der Waals surface area contributed by atoms with Crippen molar-refractivity contribution in [3.63, 3.8) is 0 Å². The summed E-state index contributed by atoms with van der Waals surface area (Å²) in [5.74, 6) is 0. The van der Waals surface area contributed by atoms with E-state index in [9.17, 15) is 19.8 Å². The maximum absolute atomic E-state index is 12.0. The van der Waals surface area contributed by atoms with E-state index in [0.29, 0.717) is 24.1 Å². The van der Waals surface area contributed by atoms with Gasteiger partial charge in [-0.1, -0.05) is 0 Å². The third kappa shape index (κ3) is 1.84. The van der Waals surface area contributed by atoms with Crippen molar-refractivity contribution in [1.82, 2.24) is 9.55 Å². The molecule has 4 atom stereocenters. The average molecular weight is 284 g/mol. The molecule has 2 heterocycles. The van der Waals surface area contributed by atoms with Crippen LogP contribution in [0.25, 0.3) is 0 Å². The van der Waals surface area contributed by atoms with Crippen molar-refractivity contribution in [2.45, 2.75) is 43.8 Å². The van der Waals surface area contributed by atoms with Crippen molar-refractivity contribution in [2.75, 3.05) is 6.61 Å². The van der Waals surface area contributed by atoms with E-state index in [1.54, 1.807) is 0 Å². The number of aromatic nitrogens is 2. The molecule has 4 N–H and O–H groups in total. The van der Waals surface area contributed by atoms with E-state index in [2.05, 4.69) is 4.98 Å². The van der Waals surface area contributed by atoms with Crippen LogP contribution in [0.4, 0.5) is 0 Å². The summed E-state index contributed by atoms with van der Waals surface area (Å²) >= 11 is 0. The SMILES string of the molecule is O=c1[nH]c(=O)n([C@@H]2O[C@H](CO)[C@@H](O)[C@H]2O)c2c1CCC2. The highest BCUT2D eigenvalue weighted by Gasteiger charge is 2.45. The summed E-state index contributed by atoms with van der Waals surface area (Å²) in [5, 5.41) is 28.8. The van der Waals surface area contributed by atoms with Crippen LogP contribution in [-0.2, 0) is 17.6 Å². The fourth-order valence-corrected chi connectivity index (χ4v) is 2.96. The van der Waals surface area contributed by atoms with Gasteiger partial charge in [0.15, 0.2) is 6.23 Å². The Bertz CT molecular complexity index is 636. The molecule has 1 aromatic heterocycles. The first-order valence-corrected chi connectivity index (χ1v) is 6.53. The third-order valence-electron chi connectivity index (χ3n) is 3.96. The van der Waals surface area contributed by atoms with Crippen LogP contribution in [0.1, 0.15) is 23.9 Å². The average Bonchev–Trinajstić information content (AvgIpc) is 2.99. The second-order valence-corrected chi connectivity index (χ2v) is 5.14. The predicted molar refractivity (Wildman–Crippen MR) is 66.4 cm³/mol. The van der Waals surface area contributed by atoms with E-state index in [0.717, 1.165) is 6.42 Å². The fraction of sp³-hybridized carbons (Fsp3) is 0.667. The smallest absolute Gasteiger partial charge is 0.330 e.